The van der Waals surface area contributed by atoms with Crippen LogP contribution in [0, 0.1) is 5.92 Å². The highest BCUT2D eigenvalue weighted by molar-refractivity contribution is 6.05. The Labute approximate surface area is 181 Å². The van der Waals surface area contributed by atoms with E-state index in [0.29, 0.717) is 31.0 Å². The molecule has 1 saturated heterocycles. The van der Waals surface area contributed by atoms with Crippen molar-refractivity contribution in [3.05, 3.63) is 59.2 Å². The first-order valence-corrected chi connectivity index (χ1v) is 10.8. The number of carbonyl (C=O) groups excluding carboxylic acids is 3. The molecule has 2 unspecified atom stereocenters. The highest BCUT2D eigenvalue weighted by atomic mass is 16.2. The first-order valence-electron chi connectivity index (χ1n) is 10.8. The Morgan fingerprint density at radius 1 is 1.10 bits per heavy atom. The summed E-state index contributed by atoms with van der Waals surface area (Å²) >= 11 is 0. The number of fused-ring (bicyclic) bond motifs is 2. The Bertz CT molecular complexity index is 1070. The maximum atomic E-state index is 13.1. The first-order chi connectivity index (χ1) is 15.0. The first kappa shape index (κ1) is 19.6. The van der Waals surface area contributed by atoms with Crippen molar-refractivity contribution in [1.29, 1.82) is 0 Å². The summed E-state index contributed by atoms with van der Waals surface area (Å²) in [5, 5.41) is 5.88. The normalized spacial score (nSPS) is 23.1. The predicted molar refractivity (Wildman–Crippen MR) is 118 cm³/mol. The van der Waals surface area contributed by atoms with Crippen LogP contribution in [0.2, 0.25) is 0 Å². The number of nitrogens with zero attached hydrogens (tertiary/aromatic N) is 2. The second-order valence-corrected chi connectivity index (χ2v) is 8.78. The van der Waals surface area contributed by atoms with Gasteiger partial charge in [-0.3, -0.25) is 19.7 Å². The van der Waals surface area contributed by atoms with Crippen molar-refractivity contribution < 1.29 is 14.4 Å². The summed E-state index contributed by atoms with van der Waals surface area (Å²) in [4.78, 5) is 40.8. The van der Waals surface area contributed by atoms with Gasteiger partial charge in [-0.15, -0.1) is 0 Å². The minimum absolute atomic E-state index is 0.127. The molecule has 0 radical (unpaired) electrons. The van der Waals surface area contributed by atoms with Crippen LogP contribution in [0.5, 0.6) is 0 Å². The monoisotopic (exact) mass is 418 g/mol. The van der Waals surface area contributed by atoms with Crippen LogP contribution in [0.3, 0.4) is 0 Å². The molecule has 31 heavy (non-hydrogen) atoms. The lowest BCUT2D eigenvalue weighted by Crippen LogP contribution is -2.52. The average molecular weight is 418 g/mol. The van der Waals surface area contributed by atoms with Gasteiger partial charge in [0.2, 0.25) is 11.8 Å². The second kappa shape index (κ2) is 7.72. The van der Waals surface area contributed by atoms with E-state index in [2.05, 4.69) is 40.7 Å². The number of amides is 3. The Morgan fingerprint density at radius 2 is 1.94 bits per heavy atom. The third-order valence-electron chi connectivity index (χ3n) is 6.38. The van der Waals surface area contributed by atoms with Crippen molar-refractivity contribution in [2.45, 2.75) is 38.9 Å². The van der Waals surface area contributed by atoms with Gasteiger partial charge in [-0.05, 0) is 41.7 Å². The lowest BCUT2D eigenvalue weighted by Gasteiger charge is -2.29. The summed E-state index contributed by atoms with van der Waals surface area (Å²) in [5.41, 5.74) is 4.97. The van der Waals surface area contributed by atoms with Gasteiger partial charge >= 0.3 is 0 Å². The van der Waals surface area contributed by atoms with E-state index in [0.717, 1.165) is 29.9 Å². The van der Waals surface area contributed by atoms with Crippen LogP contribution in [-0.2, 0) is 22.7 Å². The summed E-state index contributed by atoms with van der Waals surface area (Å²) in [7, 11) is 0. The van der Waals surface area contributed by atoms with Gasteiger partial charge < -0.3 is 15.1 Å². The molecular formula is C24H26N4O3. The molecule has 0 saturated carbocycles. The number of hydrogen-bond donors (Lipinski definition) is 2. The summed E-state index contributed by atoms with van der Waals surface area (Å²) in [6.07, 6.45) is 0.648. The summed E-state index contributed by atoms with van der Waals surface area (Å²) < 4.78 is 0. The minimum atomic E-state index is -0.578. The molecule has 3 amide bonds. The number of carbonyl (C=O) groups is 3. The topological polar surface area (TPSA) is 81.8 Å². The third kappa shape index (κ3) is 3.65. The molecule has 3 heterocycles. The molecule has 2 aromatic rings. The quantitative estimate of drug-likeness (QED) is 0.749. The van der Waals surface area contributed by atoms with Crippen molar-refractivity contribution in [3.63, 3.8) is 0 Å². The van der Waals surface area contributed by atoms with E-state index in [4.69, 9.17) is 0 Å². The maximum Gasteiger partial charge on any atom is 0.255 e. The van der Waals surface area contributed by atoms with Gasteiger partial charge in [0.05, 0.1) is 11.4 Å². The molecular weight excluding hydrogens is 392 g/mol. The van der Waals surface area contributed by atoms with Crippen LogP contribution in [-0.4, -0.2) is 41.8 Å². The molecule has 5 rings (SSSR count). The van der Waals surface area contributed by atoms with E-state index in [-0.39, 0.29) is 24.1 Å². The molecule has 2 N–H and O–H groups in total. The summed E-state index contributed by atoms with van der Waals surface area (Å²) in [6.45, 7) is 5.21. The van der Waals surface area contributed by atoms with E-state index in [1.165, 1.54) is 5.69 Å². The van der Waals surface area contributed by atoms with Crippen LogP contribution in [0.25, 0.3) is 0 Å². The number of hydrogen-bond acceptors (Lipinski definition) is 5. The van der Waals surface area contributed by atoms with E-state index in [9.17, 15) is 14.4 Å². The largest absolute Gasteiger partial charge is 0.383 e. The predicted octanol–water partition coefficient (Wildman–Crippen LogP) is 2.52. The number of rotatable bonds is 3. The smallest absolute Gasteiger partial charge is 0.255 e. The van der Waals surface area contributed by atoms with Gasteiger partial charge in [0, 0.05) is 38.2 Å². The molecule has 7 heteroatoms. The molecule has 0 spiro atoms. The van der Waals surface area contributed by atoms with Gasteiger partial charge in [-0.25, -0.2) is 0 Å². The molecule has 0 bridgehead atoms. The molecule has 0 aliphatic carbocycles. The zero-order chi connectivity index (χ0) is 21.5. The van der Waals surface area contributed by atoms with Gasteiger partial charge in [0.15, 0.2) is 0 Å². The van der Waals surface area contributed by atoms with E-state index in [1.807, 2.05) is 24.3 Å². The van der Waals surface area contributed by atoms with E-state index >= 15 is 0 Å². The van der Waals surface area contributed by atoms with Gasteiger partial charge in [-0.2, -0.15) is 0 Å². The average Bonchev–Trinajstić information content (AvgIpc) is 2.98. The highest BCUT2D eigenvalue weighted by Crippen LogP contribution is 2.32. The number of nitrogens with one attached hydrogen (secondary N) is 2. The van der Waals surface area contributed by atoms with Crippen LogP contribution >= 0.6 is 0 Å². The zero-order valence-corrected chi connectivity index (χ0v) is 17.6. The molecule has 1 fully saturated rings. The fourth-order valence-electron chi connectivity index (χ4n) is 4.79. The van der Waals surface area contributed by atoms with Crippen molar-refractivity contribution in [2.24, 2.45) is 5.92 Å². The lowest BCUT2D eigenvalue weighted by atomic mass is 10.0. The molecule has 3 aliphatic rings. The second-order valence-electron chi connectivity index (χ2n) is 8.78. The summed E-state index contributed by atoms with van der Waals surface area (Å²) in [6, 6.07) is 13.8. The van der Waals surface area contributed by atoms with E-state index < -0.39 is 6.04 Å². The fraction of sp³-hybridized carbons (Fsp3) is 0.375. The van der Waals surface area contributed by atoms with Gasteiger partial charge in [0.1, 0.15) is 6.04 Å². The number of imide groups is 1. The van der Waals surface area contributed by atoms with Gasteiger partial charge in [-0.1, -0.05) is 31.2 Å². The molecule has 2 atom stereocenters. The number of anilines is 2. The standard InChI is InChI=1S/C24H26N4O3/c1-15-11-25-19-4-2-3-5-20(19)27(12-15)13-16-6-7-17-14-28(24(31)18(17)10-16)21-8-9-22(29)26-23(21)30/h2-7,10,15,21,25H,8-9,11-14H2,1H3,(H,26,29,30). The molecule has 160 valence electrons. The maximum absolute atomic E-state index is 13.1. The van der Waals surface area contributed by atoms with Crippen molar-refractivity contribution in [1.82, 2.24) is 10.2 Å². The fourth-order valence-corrected chi connectivity index (χ4v) is 4.79. The zero-order valence-electron chi connectivity index (χ0n) is 17.6. The summed E-state index contributed by atoms with van der Waals surface area (Å²) in [5.74, 6) is -0.279. The van der Waals surface area contributed by atoms with Crippen molar-refractivity contribution >= 4 is 29.1 Å². The lowest BCUT2D eigenvalue weighted by molar-refractivity contribution is -0.136. The van der Waals surface area contributed by atoms with E-state index in [1.54, 1.807) is 4.90 Å². The van der Waals surface area contributed by atoms with Crippen LogP contribution < -0.4 is 15.5 Å². The van der Waals surface area contributed by atoms with Crippen LogP contribution in [0.1, 0.15) is 41.3 Å². The highest BCUT2D eigenvalue weighted by Gasteiger charge is 2.39. The molecule has 7 nitrogen and oxygen atoms in total. The minimum Gasteiger partial charge on any atom is -0.383 e. The molecule has 2 aromatic carbocycles. The number of piperidine rings is 1. The van der Waals surface area contributed by atoms with Crippen molar-refractivity contribution in [3.8, 4) is 0 Å². The SMILES string of the molecule is CC1CNc2ccccc2N(Cc2ccc3c(c2)C(=O)N(C2CCC(=O)NC2=O)C3)C1. The van der Waals surface area contributed by atoms with Crippen molar-refractivity contribution in [2.75, 3.05) is 23.3 Å². The Balaban J connectivity index is 1.38. The third-order valence-corrected chi connectivity index (χ3v) is 6.38. The molecule has 3 aliphatic heterocycles. The van der Waals surface area contributed by atoms with Crippen LogP contribution in [0.15, 0.2) is 42.5 Å². The number of para-hydroxylation sites is 2. The Hall–Kier alpha value is -3.35. The number of benzene rings is 2. The van der Waals surface area contributed by atoms with Gasteiger partial charge in [0.25, 0.3) is 5.91 Å². The van der Waals surface area contributed by atoms with Crippen LogP contribution in [0.4, 0.5) is 11.4 Å². The Kier molecular flexibility index (Phi) is 4.88. The Morgan fingerprint density at radius 3 is 2.77 bits per heavy atom. The molecule has 0 aromatic heterocycles.